The Morgan fingerprint density at radius 2 is 2.11 bits per heavy atom. The maximum atomic E-state index is 13.6. The third kappa shape index (κ3) is 5.20. The van der Waals surface area contributed by atoms with E-state index in [-0.39, 0.29) is 22.0 Å². The SMILES string of the molecule is C=CCN(c1ccccc1OC)S(=O)(=O)c1ccc(Cl)c(C(=O)Nc2nc3c(s2)CN(C)CC3)c1. The van der Waals surface area contributed by atoms with Gasteiger partial charge in [0.2, 0.25) is 0 Å². The minimum atomic E-state index is -4.08. The van der Waals surface area contributed by atoms with Gasteiger partial charge in [0.05, 0.1) is 40.5 Å². The number of nitrogens with zero attached hydrogens (tertiary/aromatic N) is 3. The molecule has 4 rings (SSSR count). The number of nitrogens with one attached hydrogen (secondary N) is 1. The van der Waals surface area contributed by atoms with E-state index in [0.717, 1.165) is 30.1 Å². The number of carbonyl (C=O) groups is 1. The molecule has 0 radical (unpaired) electrons. The molecule has 184 valence electrons. The lowest BCUT2D eigenvalue weighted by Gasteiger charge is -2.25. The molecule has 8 nitrogen and oxygen atoms in total. The molecule has 1 amide bonds. The number of anilines is 2. The van der Waals surface area contributed by atoms with Gasteiger partial charge in [-0.3, -0.25) is 14.4 Å². The number of benzene rings is 2. The van der Waals surface area contributed by atoms with Crippen LogP contribution in [0, 0.1) is 0 Å². The third-order valence-corrected chi connectivity index (χ3v) is 8.66. The van der Waals surface area contributed by atoms with Crippen molar-refractivity contribution in [2.45, 2.75) is 17.9 Å². The van der Waals surface area contributed by atoms with Gasteiger partial charge in [-0.1, -0.05) is 29.8 Å². The fourth-order valence-corrected chi connectivity index (χ4v) is 6.55. The Balaban J connectivity index is 1.66. The van der Waals surface area contributed by atoms with Crippen molar-refractivity contribution >= 4 is 49.7 Å². The van der Waals surface area contributed by atoms with E-state index in [1.165, 1.54) is 47.0 Å². The molecule has 0 saturated carbocycles. The highest BCUT2D eigenvalue weighted by Crippen LogP contribution is 2.34. The van der Waals surface area contributed by atoms with Crippen LogP contribution in [0.2, 0.25) is 5.02 Å². The summed E-state index contributed by atoms with van der Waals surface area (Å²) >= 11 is 7.72. The summed E-state index contributed by atoms with van der Waals surface area (Å²) in [6.45, 7) is 5.38. The van der Waals surface area contributed by atoms with Gasteiger partial charge >= 0.3 is 0 Å². The van der Waals surface area contributed by atoms with Crippen molar-refractivity contribution in [3.8, 4) is 5.75 Å². The first-order valence-corrected chi connectivity index (χ1v) is 13.4. The molecule has 2 aromatic carbocycles. The minimum Gasteiger partial charge on any atom is -0.495 e. The molecule has 0 fully saturated rings. The molecule has 35 heavy (non-hydrogen) atoms. The number of halogens is 1. The lowest BCUT2D eigenvalue weighted by Crippen LogP contribution is -2.31. The van der Waals surface area contributed by atoms with Crippen LogP contribution in [0.3, 0.4) is 0 Å². The highest BCUT2D eigenvalue weighted by molar-refractivity contribution is 7.92. The first kappa shape index (κ1) is 25.2. The van der Waals surface area contributed by atoms with Gasteiger partial charge in [0.15, 0.2) is 5.13 Å². The van der Waals surface area contributed by atoms with Crippen LogP contribution in [0.1, 0.15) is 20.9 Å². The number of amides is 1. The second-order valence-electron chi connectivity index (χ2n) is 7.97. The topological polar surface area (TPSA) is 91.8 Å². The fourth-order valence-electron chi connectivity index (χ4n) is 3.79. The summed E-state index contributed by atoms with van der Waals surface area (Å²) in [6, 6.07) is 10.8. The first-order valence-electron chi connectivity index (χ1n) is 10.8. The van der Waals surface area contributed by atoms with Crippen molar-refractivity contribution in [1.29, 1.82) is 0 Å². The number of methoxy groups -OCH3 is 1. The van der Waals surface area contributed by atoms with Gasteiger partial charge in [0, 0.05) is 24.4 Å². The van der Waals surface area contributed by atoms with E-state index < -0.39 is 15.9 Å². The zero-order chi connectivity index (χ0) is 25.2. The van der Waals surface area contributed by atoms with Crippen LogP contribution in [-0.2, 0) is 23.0 Å². The summed E-state index contributed by atoms with van der Waals surface area (Å²) in [5, 5.41) is 3.37. The standard InChI is InChI=1S/C24H25ClN4O4S2/c1-4-12-29(20-7-5-6-8-21(20)33-3)35(31,32)16-9-10-18(25)17(14-16)23(30)27-24-26-19-11-13-28(2)15-22(19)34-24/h4-10,14H,1,11-13,15H2,2-3H3,(H,26,27,30). The van der Waals surface area contributed by atoms with E-state index in [1.54, 1.807) is 24.3 Å². The molecule has 3 aromatic rings. The predicted molar refractivity (Wildman–Crippen MR) is 139 cm³/mol. The van der Waals surface area contributed by atoms with E-state index >= 15 is 0 Å². The van der Waals surface area contributed by atoms with Crippen molar-refractivity contribution in [1.82, 2.24) is 9.88 Å². The van der Waals surface area contributed by atoms with E-state index in [1.807, 2.05) is 7.05 Å². The van der Waals surface area contributed by atoms with Gasteiger partial charge in [-0.25, -0.2) is 13.4 Å². The molecule has 0 saturated heterocycles. The lowest BCUT2D eigenvalue weighted by molar-refractivity contribution is 0.102. The number of ether oxygens (including phenoxy) is 1. The third-order valence-electron chi connectivity index (χ3n) is 5.56. The smallest absolute Gasteiger partial charge is 0.264 e. The summed E-state index contributed by atoms with van der Waals surface area (Å²) in [4.78, 5) is 20.8. The molecule has 0 unspecified atom stereocenters. The van der Waals surface area contributed by atoms with E-state index in [2.05, 4.69) is 21.8 Å². The summed E-state index contributed by atoms with van der Waals surface area (Å²) in [5.74, 6) is -0.137. The van der Waals surface area contributed by atoms with E-state index in [4.69, 9.17) is 16.3 Å². The molecular weight excluding hydrogens is 508 g/mol. The van der Waals surface area contributed by atoms with Gasteiger partial charge in [-0.2, -0.15) is 0 Å². The van der Waals surface area contributed by atoms with E-state index in [0.29, 0.717) is 16.6 Å². The number of rotatable bonds is 8. The van der Waals surface area contributed by atoms with Crippen LogP contribution < -0.4 is 14.4 Å². The normalized spacial score (nSPS) is 13.7. The minimum absolute atomic E-state index is 0.00593. The maximum absolute atomic E-state index is 13.6. The molecule has 11 heteroatoms. The Morgan fingerprint density at radius 3 is 2.86 bits per heavy atom. The average Bonchev–Trinajstić information content (AvgIpc) is 3.23. The van der Waals surface area contributed by atoms with Crippen molar-refractivity contribution in [3.05, 3.63) is 76.3 Å². The zero-order valence-electron chi connectivity index (χ0n) is 19.3. The second-order valence-corrected chi connectivity index (χ2v) is 11.3. The fraction of sp³-hybridized carbons (Fsp3) is 0.250. The molecular formula is C24H25ClN4O4S2. The Labute approximate surface area is 213 Å². The molecule has 1 aliphatic heterocycles. The number of sulfonamides is 1. The van der Waals surface area contributed by atoms with Gasteiger partial charge in [0.25, 0.3) is 15.9 Å². The van der Waals surface area contributed by atoms with Gasteiger partial charge in [-0.15, -0.1) is 17.9 Å². The van der Waals surface area contributed by atoms with Crippen molar-refractivity contribution in [3.63, 3.8) is 0 Å². The maximum Gasteiger partial charge on any atom is 0.264 e. The van der Waals surface area contributed by atoms with Crippen molar-refractivity contribution in [2.75, 3.05) is 36.9 Å². The number of thiazole rings is 1. The number of carbonyl (C=O) groups excluding carboxylic acids is 1. The van der Waals surface area contributed by atoms with Crippen LogP contribution in [0.25, 0.3) is 0 Å². The number of hydrogen-bond acceptors (Lipinski definition) is 7. The predicted octanol–water partition coefficient (Wildman–Crippen LogP) is 4.43. The number of aromatic nitrogens is 1. The largest absolute Gasteiger partial charge is 0.495 e. The zero-order valence-corrected chi connectivity index (χ0v) is 21.7. The molecule has 1 aliphatic rings. The summed E-state index contributed by atoms with van der Waals surface area (Å²) in [5.41, 5.74) is 1.37. The van der Waals surface area contributed by atoms with Crippen LogP contribution in [-0.4, -0.2) is 51.5 Å². The van der Waals surface area contributed by atoms with E-state index in [9.17, 15) is 13.2 Å². The Bertz CT molecular complexity index is 1370. The molecule has 0 bridgehead atoms. The number of likely N-dealkylation sites (N-methyl/N-ethyl adjacent to an activating group) is 1. The Hall–Kier alpha value is -2.92. The molecule has 0 atom stereocenters. The highest BCUT2D eigenvalue weighted by Gasteiger charge is 2.28. The van der Waals surface area contributed by atoms with Crippen LogP contribution in [0.4, 0.5) is 10.8 Å². The van der Waals surface area contributed by atoms with Gasteiger partial charge in [0.1, 0.15) is 5.75 Å². The molecule has 2 heterocycles. The molecule has 1 N–H and O–H groups in total. The van der Waals surface area contributed by atoms with Crippen LogP contribution >= 0.6 is 22.9 Å². The molecule has 1 aromatic heterocycles. The first-order chi connectivity index (χ1) is 16.7. The monoisotopic (exact) mass is 532 g/mol. The van der Waals surface area contributed by atoms with Gasteiger partial charge < -0.3 is 9.64 Å². The number of fused-ring (bicyclic) bond motifs is 1. The number of para-hydroxylation sites is 2. The summed E-state index contributed by atoms with van der Waals surface area (Å²) in [7, 11) is -0.574. The van der Waals surface area contributed by atoms with Crippen LogP contribution in [0.15, 0.2) is 60.0 Å². The van der Waals surface area contributed by atoms with Crippen molar-refractivity contribution < 1.29 is 17.9 Å². The Morgan fingerprint density at radius 1 is 1.34 bits per heavy atom. The lowest BCUT2D eigenvalue weighted by atomic mass is 10.2. The second kappa shape index (κ2) is 10.4. The Kier molecular flexibility index (Phi) is 7.46. The summed E-state index contributed by atoms with van der Waals surface area (Å²) < 4.78 is 33.8. The van der Waals surface area contributed by atoms with Gasteiger partial charge in [-0.05, 0) is 37.4 Å². The highest BCUT2D eigenvalue weighted by atomic mass is 35.5. The molecule has 0 spiro atoms. The molecule has 0 aliphatic carbocycles. The van der Waals surface area contributed by atoms with Crippen molar-refractivity contribution in [2.24, 2.45) is 0 Å². The quantitative estimate of drug-likeness (QED) is 0.432. The van der Waals surface area contributed by atoms with Crippen LogP contribution in [0.5, 0.6) is 5.75 Å². The average molecular weight is 533 g/mol. The number of hydrogen-bond donors (Lipinski definition) is 1. The summed E-state index contributed by atoms with van der Waals surface area (Å²) in [6.07, 6.45) is 2.30.